The lowest BCUT2D eigenvalue weighted by atomic mass is 9.83. The van der Waals surface area contributed by atoms with E-state index in [1.807, 2.05) is 23.1 Å². The van der Waals surface area contributed by atoms with E-state index in [4.69, 9.17) is 4.98 Å². The van der Waals surface area contributed by atoms with Crippen molar-refractivity contribution in [2.24, 2.45) is 0 Å². The lowest BCUT2D eigenvalue weighted by Crippen LogP contribution is -2.29. The van der Waals surface area contributed by atoms with Crippen molar-refractivity contribution >= 4 is 16.7 Å². The van der Waals surface area contributed by atoms with Crippen molar-refractivity contribution < 1.29 is 4.79 Å². The fourth-order valence-corrected chi connectivity index (χ4v) is 5.10. The normalized spacial score (nSPS) is 17.7. The Hall–Kier alpha value is -2.68. The molecule has 2 fully saturated rings. The van der Waals surface area contributed by atoms with Gasteiger partial charge in [-0.25, -0.2) is 4.98 Å². The Morgan fingerprint density at radius 2 is 1.45 bits per heavy atom. The molecule has 1 aliphatic carbocycles. The molecule has 1 aliphatic heterocycles. The summed E-state index contributed by atoms with van der Waals surface area (Å²) in [6, 6.07) is 18.9. The Balaban J connectivity index is 1.76. The molecule has 0 radical (unpaired) electrons. The lowest BCUT2D eigenvalue weighted by molar-refractivity contribution is 0.0787. The number of pyridine rings is 1. The number of amides is 1. The van der Waals surface area contributed by atoms with Gasteiger partial charge in [-0.2, -0.15) is 0 Å². The largest absolute Gasteiger partial charge is 0.337 e. The molecule has 1 amide bonds. The Bertz CT molecular complexity index is 1020. The Morgan fingerprint density at radius 3 is 2.17 bits per heavy atom. The quantitative estimate of drug-likeness (QED) is 0.540. The van der Waals surface area contributed by atoms with E-state index in [9.17, 15) is 4.79 Å². The molecule has 2 heterocycles. The molecular formula is C26H28N2O. The molecule has 0 spiro atoms. The molecule has 3 nitrogen and oxygen atoms in total. The standard InChI is InChI=1S/C26H28N2O/c29-26(28-17-9-10-18-28)25-23(19-11-3-1-4-12-19)21-15-7-8-16-22(21)24(27-25)20-13-5-2-6-14-20/h1,3-4,7-8,11-12,15-16,20H,2,5-6,9-10,13-14,17-18H2. The SMILES string of the molecule is O=C(c1nc(C2CCCCC2)c2ccccc2c1-c1ccccc1)N1CCCC1. The van der Waals surface area contributed by atoms with Crippen LogP contribution in [0.1, 0.15) is 67.0 Å². The second kappa shape index (κ2) is 7.98. The van der Waals surface area contributed by atoms with Crippen LogP contribution < -0.4 is 0 Å². The van der Waals surface area contributed by atoms with Gasteiger partial charge in [0.2, 0.25) is 0 Å². The highest BCUT2D eigenvalue weighted by atomic mass is 16.2. The predicted molar refractivity (Wildman–Crippen MR) is 118 cm³/mol. The summed E-state index contributed by atoms with van der Waals surface area (Å²) in [5.41, 5.74) is 3.87. The van der Waals surface area contributed by atoms with Crippen LogP contribution in [0, 0.1) is 0 Å². The lowest BCUT2D eigenvalue weighted by Gasteiger charge is -2.25. The van der Waals surface area contributed by atoms with Crippen LogP contribution >= 0.6 is 0 Å². The second-order valence-corrected chi connectivity index (χ2v) is 8.47. The van der Waals surface area contributed by atoms with Crippen molar-refractivity contribution in [3.63, 3.8) is 0 Å². The van der Waals surface area contributed by atoms with Gasteiger partial charge in [0.25, 0.3) is 5.91 Å². The zero-order chi connectivity index (χ0) is 19.6. The minimum absolute atomic E-state index is 0.101. The minimum Gasteiger partial charge on any atom is -0.337 e. The van der Waals surface area contributed by atoms with Crippen molar-refractivity contribution in [3.8, 4) is 11.1 Å². The third-order valence-electron chi connectivity index (χ3n) is 6.59. The maximum absolute atomic E-state index is 13.6. The summed E-state index contributed by atoms with van der Waals surface area (Å²) in [5.74, 6) is 0.563. The molecule has 1 aromatic heterocycles. The Kier molecular flexibility index (Phi) is 5.05. The van der Waals surface area contributed by atoms with E-state index in [0.29, 0.717) is 11.6 Å². The average molecular weight is 385 g/mol. The first kappa shape index (κ1) is 18.4. The monoisotopic (exact) mass is 384 g/mol. The van der Waals surface area contributed by atoms with E-state index in [1.165, 1.54) is 37.5 Å². The van der Waals surface area contributed by atoms with E-state index in [1.54, 1.807) is 0 Å². The van der Waals surface area contributed by atoms with E-state index >= 15 is 0 Å². The summed E-state index contributed by atoms with van der Waals surface area (Å²) in [4.78, 5) is 20.7. The maximum Gasteiger partial charge on any atom is 0.273 e. The van der Waals surface area contributed by atoms with Gasteiger partial charge in [-0.1, -0.05) is 73.9 Å². The molecule has 29 heavy (non-hydrogen) atoms. The van der Waals surface area contributed by atoms with E-state index in [2.05, 4.69) is 36.4 Å². The van der Waals surface area contributed by atoms with Crippen molar-refractivity contribution in [3.05, 3.63) is 66.0 Å². The first-order chi connectivity index (χ1) is 14.3. The van der Waals surface area contributed by atoms with Crippen LogP contribution in [0.3, 0.4) is 0 Å². The molecule has 2 aromatic carbocycles. The number of carbonyl (C=O) groups excluding carboxylic acids is 1. The van der Waals surface area contributed by atoms with Gasteiger partial charge in [0.05, 0.1) is 5.69 Å². The number of rotatable bonds is 3. The van der Waals surface area contributed by atoms with E-state index in [-0.39, 0.29) is 5.91 Å². The van der Waals surface area contributed by atoms with Crippen molar-refractivity contribution in [1.82, 2.24) is 9.88 Å². The number of aromatic nitrogens is 1. The molecular weight excluding hydrogens is 356 g/mol. The molecule has 3 aromatic rings. The molecule has 0 bridgehead atoms. The number of benzene rings is 2. The summed E-state index contributed by atoms with van der Waals surface area (Å²) in [6.45, 7) is 1.70. The zero-order valence-electron chi connectivity index (χ0n) is 16.9. The summed E-state index contributed by atoms with van der Waals surface area (Å²) >= 11 is 0. The predicted octanol–water partition coefficient (Wildman–Crippen LogP) is 6.19. The van der Waals surface area contributed by atoms with Crippen molar-refractivity contribution in [2.45, 2.75) is 50.9 Å². The number of carbonyl (C=O) groups is 1. The van der Waals surface area contributed by atoms with Gasteiger partial charge in [-0.15, -0.1) is 0 Å². The van der Waals surface area contributed by atoms with Gasteiger partial charge in [-0.3, -0.25) is 4.79 Å². The number of hydrogen-bond donors (Lipinski definition) is 0. The van der Waals surface area contributed by atoms with Crippen LogP contribution in [0.15, 0.2) is 54.6 Å². The highest BCUT2D eigenvalue weighted by Crippen LogP contribution is 2.40. The van der Waals surface area contributed by atoms with Crippen LogP contribution in [0.4, 0.5) is 0 Å². The molecule has 0 atom stereocenters. The van der Waals surface area contributed by atoms with Gasteiger partial charge >= 0.3 is 0 Å². The maximum atomic E-state index is 13.6. The summed E-state index contributed by atoms with van der Waals surface area (Å²) in [6.07, 6.45) is 8.38. The smallest absolute Gasteiger partial charge is 0.273 e. The second-order valence-electron chi connectivity index (χ2n) is 8.47. The summed E-state index contributed by atoms with van der Waals surface area (Å²) in [5, 5.41) is 2.38. The first-order valence-corrected chi connectivity index (χ1v) is 11.1. The molecule has 0 unspecified atom stereocenters. The number of hydrogen-bond acceptors (Lipinski definition) is 2. The molecule has 148 valence electrons. The highest BCUT2D eigenvalue weighted by molar-refractivity contribution is 6.09. The van der Waals surface area contributed by atoms with Gasteiger partial charge in [0.1, 0.15) is 5.69 Å². The van der Waals surface area contributed by atoms with Crippen LogP contribution in [0.5, 0.6) is 0 Å². The summed E-state index contributed by atoms with van der Waals surface area (Å²) < 4.78 is 0. The highest BCUT2D eigenvalue weighted by Gasteiger charge is 2.28. The fraction of sp³-hybridized carbons (Fsp3) is 0.385. The topological polar surface area (TPSA) is 33.2 Å². The molecule has 3 heteroatoms. The van der Waals surface area contributed by atoms with E-state index < -0.39 is 0 Å². The van der Waals surface area contributed by atoms with Gasteiger partial charge < -0.3 is 4.90 Å². The van der Waals surface area contributed by atoms with Gasteiger partial charge in [-0.05, 0) is 36.6 Å². The Labute approximate surface area is 172 Å². The summed E-state index contributed by atoms with van der Waals surface area (Å²) in [7, 11) is 0. The molecule has 5 rings (SSSR count). The number of nitrogens with zero attached hydrogens (tertiary/aromatic N) is 2. The average Bonchev–Trinajstić information content (AvgIpc) is 3.34. The number of fused-ring (bicyclic) bond motifs is 1. The van der Waals surface area contributed by atoms with Crippen LogP contribution in [-0.2, 0) is 0 Å². The molecule has 2 aliphatic rings. The van der Waals surface area contributed by atoms with E-state index in [0.717, 1.165) is 48.1 Å². The van der Waals surface area contributed by atoms with Crippen molar-refractivity contribution in [2.75, 3.05) is 13.1 Å². The van der Waals surface area contributed by atoms with Crippen LogP contribution in [0.2, 0.25) is 0 Å². The molecule has 0 N–H and O–H groups in total. The fourth-order valence-electron chi connectivity index (χ4n) is 5.10. The van der Waals surface area contributed by atoms with Crippen LogP contribution in [-0.4, -0.2) is 28.9 Å². The van der Waals surface area contributed by atoms with Crippen molar-refractivity contribution in [1.29, 1.82) is 0 Å². The van der Waals surface area contributed by atoms with Crippen LogP contribution in [0.25, 0.3) is 21.9 Å². The Morgan fingerprint density at radius 1 is 0.793 bits per heavy atom. The van der Waals surface area contributed by atoms with Gasteiger partial charge in [0.15, 0.2) is 0 Å². The van der Waals surface area contributed by atoms with Gasteiger partial charge in [0, 0.05) is 30.0 Å². The zero-order valence-corrected chi connectivity index (χ0v) is 16.9. The first-order valence-electron chi connectivity index (χ1n) is 11.1. The number of likely N-dealkylation sites (tertiary alicyclic amines) is 1. The third kappa shape index (κ3) is 3.43. The third-order valence-corrected chi connectivity index (χ3v) is 6.59. The molecule has 1 saturated carbocycles. The minimum atomic E-state index is 0.101. The molecule has 1 saturated heterocycles.